The zero-order valence-electron chi connectivity index (χ0n) is 5.07. The fourth-order valence-electron chi connectivity index (χ4n) is 0.471. The summed E-state index contributed by atoms with van der Waals surface area (Å²) in [6.45, 7) is 0. The van der Waals surface area contributed by atoms with E-state index >= 15 is 0 Å². The molecule has 0 fully saturated rings. The minimum Gasteiger partial charge on any atom is -0.390 e. The number of aromatic amines is 1. The van der Waals surface area contributed by atoms with Gasteiger partial charge in [-0.2, -0.15) is 4.98 Å². The first kappa shape index (κ1) is 6.46. The lowest BCUT2D eigenvalue weighted by molar-refractivity contribution is -0.394. The molecule has 0 amide bonds. The van der Waals surface area contributed by atoms with Crippen LogP contribution in [0.5, 0.6) is 0 Å². The smallest absolute Gasteiger partial charge is 0.390 e. The van der Waals surface area contributed by atoms with E-state index in [-0.39, 0.29) is 0 Å². The molecule has 0 atom stereocenters. The maximum absolute atomic E-state index is 10.5. The SMILES string of the molecule is Cn1nc([N+](=O)[O-])[nH]c1=O. The summed E-state index contributed by atoms with van der Waals surface area (Å²) in [7, 11) is 1.33. The predicted octanol–water partition coefficient (Wildman–Crippen LogP) is -0.983. The van der Waals surface area contributed by atoms with Gasteiger partial charge >= 0.3 is 11.6 Å². The van der Waals surface area contributed by atoms with Crippen molar-refractivity contribution in [3.05, 3.63) is 20.6 Å². The molecule has 54 valence electrons. The number of hydrogen-bond donors (Lipinski definition) is 1. The summed E-state index contributed by atoms with van der Waals surface area (Å²) in [5.41, 5.74) is -0.591. The summed E-state index contributed by atoms with van der Waals surface area (Å²) in [6.07, 6.45) is 0. The number of aryl methyl sites for hydroxylation is 1. The molecule has 0 aliphatic heterocycles. The first-order valence-corrected chi connectivity index (χ1v) is 2.39. The molecular weight excluding hydrogens is 140 g/mol. The molecule has 0 aliphatic carbocycles. The molecule has 0 radical (unpaired) electrons. The average molecular weight is 144 g/mol. The molecule has 0 spiro atoms. The van der Waals surface area contributed by atoms with E-state index in [9.17, 15) is 14.9 Å². The van der Waals surface area contributed by atoms with Crippen LogP contribution < -0.4 is 5.69 Å². The molecule has 1 aromatic heterocycles. The van der Waals surface area contributed by atoms with Crippen molar-refractivity contribution in [3.63, 3.8) is 0 Å². The standard InChI is InChI=1S/C3H4N4O3/c1-6-3(8)4-2(5-6)7(9)10/h1H3,(H,4,5,8). The van der Waals surface area contributed by atoms with Crippen molar-refractivity contribution in [1.29, 1.82) is 0 Å². The van der Waals surface area contributed by atoms with Crippen LogP contribution in [0.15, 0.2) is 4.79 Å². The Morgan fingerprint density at radius 3 is 2.60 bits per heavy atom. The van der Waals surface area contributed by atoms with E-state index in [1.54, 1.807) is 0 Å². The van der Waals surface area contributed by atoms with Crippen LogP contribution in [0.25, 0.3) is 0 Å². The fourth-order valence-corrected chi connectivity index (χ4v) is 0.471. The predicted molar refractivity (Wildman–Crippen MR) is 30.5 cm³/mol. The molecule has 0 bridgehead atoms. The molecule has 0 unspecified atom stereocenters. The minimum atomic E-state index is -0.762. The van der Waals surface area contributed by atoms with E-state index in [0.29, 0.717) is 0 Å². The number of nitro groups is 1. The van der Waals surface area contributed by atoms with Crippen LogP contribution in [0.4, 0.5) is 5.95 Å². The normalized spacial score (nSPS) is 9.70. The van der Waals surface area contributed by atoms with Gasteiger partial charge in [0.25, 0.3) is 0 Å². The number of H-pyrrole nitrogens is 1. The Morgan fingerprint density at radius 1 is 1.80 bits per heavy atom. The Kier molecular flexibility index (Phi) is 1.25. The third kappa shape index (κ3) is 0.879. The first-order valence-electron chi connectivity index (χ1n) is 2.39. The zero-order chi connectivity index (χ0) is 7.72. The van der Waals surface area contributed by atoms with Gasteiger partial charge in [-0.25, -0.2) is 4.79 Å². The summed E-state index contributed by atoms with van der Waals surface area (Å²) in [4.78, 5) is 21.6. The monoisotopic (exact) mass is 144 g/mol. The average Bonchev–Trinajstić information content (AvgIpc) is 2.13. The maximum atomic E-state index is 10.5. The summed E-state index contributed by atoms with van der Waals surface area (Å²) >= 11 is 0. The van der Waals surface area contributed by atoms with Gasteiger partial charge in [-0.3, -0.25) is 0 Å². The lowest BCUT2D eigenvalue weighted by Crippen LogP contribution is -2.13. The van der Waals surface area contributed by atoms with Gasteiger partial charge in [-0.1, -0.05) is 0 Å². The Morgan fingerprint density at radius 2 is 2.40 bits per heavy atom. The second-order valence-corrected chi connectivity index (χ2v) is 1.63. The molecule has 0 saturated heterocycles. The van der Waals surface area contributed by atoms with E-state index in [2.05, 4.69) is 5.10 Å². The second kappa shape index (κ2) is 1.94. The maximum Gasteiger partial charge on any atom is 0.457 e. The number of hydrogen-bond acceptors (Lipinski definition) is 4. The quantitative estimate of drug-likeness (QED) is 0.404. The van der Waals surface area contributed by atoms with E-state index < -0.39 is 16.6 Å². The number of nitrogens with one attached hydrogen (secondary N) is 1. The summed E-state index contributed by atoms with van der Waals surface area (Å²) in [6, 6.07) is 0. The number of aromatic nitrogens is 3. The molecule has 7 heteroatoms. The molecule has 0 aliphatic rings. The van der Waals surface area contributed by atoms with Crippen LogP contribution in [0, 0.1) is 10.1 Å². The molecule has 0 aromatic carbocycles. The molecular formula is C3H4N4O3. The van der Waals surface area contributed by atoms with Gasteiger partial charge in [0, 0.05) is 5.10 Å². The molecule has 1 aromatic rings. The highest BCUT2D eigenvalue weighted by Gasteiger charge is 2.11. The highest BCUT2D eigenvalue weighted by atomic mass is 16.6. The summed E-state index contributed by atoms with van der Waals surface area (Å²) < 4.78 is 0.859. The third-order valence-corrected chi connectivity index (χ3v) is 0.930. The highest BCUT2D eigenvalue weighted by molar-refractivity contribution is 4.96. The molecule has 1 N–H and O–H groups in total. The minimum absolute atomic E-state index is 0.535. The zero-order valence-corrected chi connectivity index (χ0v) is 5.07. The first-order chi connectivity index (χ1) is 4.61. The van der Waals surface area contributed by atoms with Crippen molar-refractivity contribution in [3.8, 4) is 0 Å². The highest BCUT2D eigenvalue weighted by Crippen LogP contribution is 1.93. The fraction of sp³-hybridized carbons (Fsp3) is 0.333. The topological polar surface area (TPSA) is 93.8 Å². The molecule has 1 heterocycles. The second-order valence-electron chi connectivity index (χ2n) is 1.63. The van der Waals surface area contributed by atoms with E-state index in [1.165, 1.54) is 7.05 Å². The van der Waals surface area contributed by atoms with Crippen LogP contribution in [-0.4, -0.2) is 19.7 Å². The van der Waals surface area contributed by atoms with Gasteiger partial charge in [0.2, 0.25) is 0 Å². The van der Waals surface area contributed by atoms with Crippen LogP contribution in [0.3, 0.4) is 0 Å². The third-order valence-electron chi connectivity index (χ3n) is 0.930. The van der Waals surface area contributed by atoms with Crippen LogP contribution in [-0.2, 0) is 7.05 Å². The van der Waals surface area contributed by atoms with Crippen molar-refractivity contribution in [2.45, 2.75) is 0 Å². The van der Waals surface area contributed by atoms with Gasteiger partial charge < -0.3 is 10.1 Å². The van der Waals surface area contributed by atoms with E-state index in [4.69, 9.17) is 0 Å². The van der Waals surface area contributed by atoms with E-state index in [1.807, 2.05) is 4.98 Å². The lowest BCUT2D eigenvalue weighted by Gasteiger charge is -1.83. The molecule has 7 nitrogen and oxygen atoms in total. The summed E-state index contributed by atoms with van der Waals surface area (Å²) in [5, 5.41) is 13.2. The number of rotatable bonds is 1. The van der Waals surface area contributed by atoms with Crippen LogP contribution in [0.1, 0.15) is 0 Å². The Hall–Kier alpha value is -1.66. The van der Waals surface area contributed by atoms with Gasteiger partial charge in [0.05, 0.1) is 7.05 Å². The Balaban J connectivity index is 3.23. The van der Waals surface area contributed by atoms with Crippen LogP contribution in [0.2, 0.25) is 0 Å². The van der Waals surface area contributed by atoms with Gasteiger partial charge in [0.15, 0.2) is 0 Å². The Bertz CT molecular complexity index is 310. The molecule has 0 saturated carbocycles. The van der Waals surface area contributed by atoms with Gasteiger partial charge in [0.1, 0.15) is 0 Å². The van der Waals surface area contributed by atoms with Gasteiger partial charge in [-0.05, 0) is 4.92 Å². The largest absolute Gasteiger partial charge is 0.457 e. The number of nitrogens with zero attached hydrogens (tertiary/aromatic N) is 3. The van der Waals surface area contributed by atoms with Crippen molar-refractivity contribution in [2.75, 3.05) is 0 Å². The van der Waals surface area contributed by atoms with E-state index in [0.717, 1.165) is 4.68 Å². The van der Waals surface area contributed by atoms with Crippen molar-refractivity contribution < 1.29 is 4.92 Å². The van der Waals surface area contributed by atoms with Gasteiger partial charge in [-0.15, -0.1) is 4.68 Å². The molecule has 1 rings (SSSR count). The van der Waals surface area contributed by atoms with Crippen molar-refractivity contribution in [2.24, 2.45) is 7.05 Å². The summed E-state index contributed by atoms with van der Waals surface area (Å²) in [5.74, 6) is -0.535. The lowest BCUT2D eigenvalue weighted by atomic mass is 11.1. The van der Waals surface area contributed by atoms with Crippen molar-refractivity contribution in [1.82, 2.24) is 14.8 Å². The Labute approximate surface area is 54.4 Å². The van der Waals surface area contributed by atoms with Crippen molar-refractivity contribution >= 4 is 5.95 Å². The molecule has 10 heavy (non-hydrogen) atoms. The van der Waals surface area contributed by atoms with Crippen LogP contribution >= 0.6 is 0 Å².